The summed E-state index contributed by atoms with van der Waals surface area (Å²) in [7, 11) is 0. The minimum absolute atomic E-state index is 0.210. The lowest BCUT2D eigenvalue weighted by molar-refractivity contribution is -0.124. The van der Waals surface area contributed by atoms with Gasteiger partial charge in [0.15, 0.2) is 0 Å². The molecule has 0 aromatic carbocycles. The van der Waals surface area contributed by atoms with Crippen LogP contribution in [0.3, 0.4) is 0 Å². The normalized spacial score (nSPS) is 21.8. The Hall–Kier alpha value is -0.650. The number of hydrazine groups is 1. The van der Waals surface area contributed by atoms with Crippen LogP contribution in [0.15, 0.2) is 0 Å². The molecule has 1 saturated heterocycles. The molecule has 1 atom stereocenters. The number of amides is 1. The van der Waals surface area contributed by atoms with Crippen molar-refractivity contribution in [1.29, 1.82) is 0 Å². The third kappa shape index (κ3) is 2.17. The van der Waals surface area contributed by atoms with Gasteiger partial charge in [-0.2, -0.15) is 0 Å². The van der Waals surface area contributed by atoms with Gasteiger partial charge in [0.25, 0.3) is 5.91 Å². The van der Waals surface area contributed by atoms with Crippen molar-refractivity contribution in [3.8, 4) is 0 Å². The van der Waals surface area contributed by atoms with Gasteiger partial charge in [0, 0.05) is 13.2 Å². The van der Waals surface area contributed by atoms with Crippen molar-refractivity contribution in [2.75, 3.05) is 13.2 Å². The van der Waals surface area contributed by atoms with Crippen molar-refractivity contribution in [2.45, 2.75) is 18.9 Å². The Balaban J connectivity index is 2.39. The van der Waals surface area contributed by atoms with E-state index in [-0.39, 0.29) is 11.8 Å². The largest absolute Gasteiger partial charge is 0.381 e. The Kier molecular flexibility index (Phi) is 3.46. The molecule has 1 rings (SSSR count). The summed E-state index contributed by atoms with van der Waals surface area (Å²) in [6.45, 7) is 1.38. The molecule has 0 bridgehead atoms. The highest BCUT2D eigenvalue weighted by molar-refractivity contribution is 5.81. The smallest absolute Gasteiger partial charge is 0.251 e. The molecule has 1 amide bonds. The monoisotopic (exact) mass is 173 g/mol. The van der Waals surface area contributed by atoms with E-state index in [4.69, 9.17) is 16.3 Å². The maximum atomic E-state index is 11.0. The van der Waals surface area contributed by atoms with E-state index in [0.29, 0.717) is 13.2 Å². The van der Waals surface area contributed by atoms with Crippen LogP contribution in [0, 0.1) is 5.92 Å². The second-order valence-corrected chi connectivity index (χ2v) is 2.98. The fourth-order valence-corrected chi connectivity index (χ4v) is 1.39. The number of rotatable bonds is 2. The number of carbonyl (C=O) groups excluding carboxylic acids is 1. The SMILES string of the molecule is NNC(=O)C(N)C1CCOCC1. The zero-order valence-electron chi connectivity index (χ0n) is 6.95. The minimum atomic E-state index is -0.487. The molecule has 5 heteroatoms. The zero-order chi connectivity index (χ0) is 8.97. The van der Waals surface area contributed by atoms with E-state index in [1.807, 2.05) is 0 Å². The van der Waals surface area contributed by atoms with Crippen molar-refractivity contribution in [3.63, 3.8) is 0 Å². The van der Waals surface area contributed by atoms with Crippen molar-refractivity contribution in [3.05, 3.63) is 0 Å². The first-order valence-corrected chi connectivity index (χ1v) is 4.09. The van der Waals surface area contributed by atoms with E-state index in [2.05, 4.69) is 5.43 Å². The first kappa shape index (κ1) is 9.44. The molecule has 70 valence electrons. The quantitative estimate of drug-likeness (QED) is 0.276. The molecule has 5 nitrogen and oxygen atoms in total. The molecule has 0 radical (unpaired) electrons. The van der Waals surface area contributed by atoms with E-state index in [0.717, 1.165) is 12.8 Å². The predicted octanol–water partition coefficient (Wildman–Crippen LogP) is -1.27. The zero-order valence-corrected chi connectivity index (χ0v) is 6.95. The van der Waals surface area contributed by atoms with Gasteiger partial charge in [-0.15, -0.1) is 0 Å². The van der Waals surface area contributed by atoms with Gasteiger partial charge in [-0.05, 0) is 18.8 Å². The summed E-state index contributed by atoms with van der Waals surface area (Å²) in [4.78, 5) is 11.0. The van der Waals surface area contributed by atoms with Crippen LogP contribution in [0.25, 0.3) is 0 Å². The van der Waals surface area contributed by atoms with E-state index in [1.54, 1.807) is 0 Å². The molecule has 0 aromatic rings. The standard InChI is InChI=1S/C7H15N3O2/c8-6(7(11)10-9)5-1-3-12-4-2-5/h5-6H,1-4,8-9H2,(H,10,11). The minimum Gasteiger partial charge on any atom is -0.381 e. The number of ether oxygens (including phenoxy) is 1. The fraction of sp³-hybridized carbons (Fsp3) is 0.857. The van der Waals surface area contributed by atoms with Crippen molar-refractivity contribution in [1.82, 2.24) is 5.43 Å². The third-order valence-electron chi connectivity index (χ3n) is 2.22. The summed E-state index contributed by atoms with van der Waals surface area (Å²) >= 11 is 0. The molecular weight excluding hydrogens is 158 g/mol. The molecule has 5 N–H and O–H groups in total. The summed E-state index contributed by atoms with van der Waals surface area (Å²) in [5, 5.41) is 0. The average molecular weight is 173 g/mol. The number of nitrogens with two attached hydrogens (primary N) is 2. The lowest BCUT2D eigenvalue weighted by Gasteiger charge is -2.26. The third-order valence-corrected chi connectivity index (χ3v) is 2.22. The van der Waals surface area contributed by atoms with Gasteiger partial charge in [0.2, 0.25) is 0 Å². The van der Waals surface area contributed by atoms with Gasteiger partial charge in [-0.3, -0.25) is 10.2 Å². The Morgan fingerprint density at radius 2 is 2.08 bits per heavy atom. The van der Waals surface area contributed by atoms with Gasteiger partial charge >= 0.3 is 0 Å². The predicted molar refractivity (Wildman–Crippen MR) is 43.8 cm³/mol. The summed E-state index contributed by atoms with van der Waals surface area (Å²) in [5.74, 6) is 4.89. The van der Waals surface area contributed by atoms with Crippen molar-refractivity contribution < 1.29 is 9.53 Å². The molecule has 0 aliphatic carbocycles. The van der Waals surface area contributed by atoms with Gasteiger partial charge < -0.3 is 10.5 Å². The molecule has 0 aromatic heterocycles. The van der Waals surface area contributed by atoms with E-state index in [9.17, 15) is 4.79 Å². The maximum absolute atomic E-state index is 11.0. The Labute approximate surface area is 71.4 Å². The highest BCUT2D eigenvalue weighted by Gasteiger charge is 2.25. The van der Waals surface area contributed by atoms with Gasteiger partial charge in [-0.25, -0.2) is 5.84 Å². The number of carbonyl (C=O) groups is 1. The molecule has 1 aliphatic rings. The Morgan fingerprint density at radius 1 is 1.50 bits per heavy atom. The molecule has 12 heavy (non-hydrogen) atoms. The van der Waals surface area contributed by atoms with Crippen LogP contribution in [-0.4, -0.2) is 25.2 Å². The lowest BCUT2D eigenvalue weighted by atomic mass is 9.92. The van der Waals surface area contributed by atoms with Crippen LogP contribution in [0.1, 0.15) is 12.8 Å². The number of nitrogens with one attached hydrogen (secondary N) is 1. The highest BCUT2D eigenvalue weighted by Crippen LogP contribution is 2.17. The van der Waals surface area contributed by atoms with Crippen LogP contribution in [0.2, 0.25) is 0 Å². The Morgan fingerprint density at radius 3 is 2.58 bits per heavy atom. The second-order valence-electron chi connectivity index (χ2n) is 2.98. The van der Waals surface area contributed by atoms with E-state index in [1.165, 1.54) is 0 Å². The molecule has 1 aliphatic heterocycles. The molecule has 1 unspecified atom stereocenters. The molecule has 1 heterocycles. The van der Waals surface area contributed by atoms with Gasteiger partial charge in [-0.1, -0.05) is 0 Å². The topological polar surface area (TPSA) is 90.4 Å². The van der Waals surface area contributed by atoms with Crippen LogP contribution >= 0.6 is 0 Å². The van der Waals surface area contributed by atoms with Gasteiger partial charge in [0.05, 0.1) is 6.04 Å². The van der Waals surface area contributed by atoms with Crippen LogP contribution in [-0.2, 0) is 9.53 Å². The van der Waals surface area contributed by atoms with Crippen LogP contribution < -0.4 is 17.0 Å². The molecule has 0 spiro atoms. The van der Waals surface area contributed by atoms with Crippen molar-refractivity contribution in [2.24, 2.45) is 17.5 Å². The molecule has 1 fully saturated rings. The number of hydrogen-bond acceptors (Lipinski definition) is 4. The summed E-state index contributed by atoms with van der Waals surface area (Å²) in [5.41, 5.74) is 7.71. The fourth-order valence-electron chi connectivity index (χ4n) is 1.39. The molecular formula is C7H15N3O2. The molecule has 0 saturated carbocycles. The maximum Gasteiger partial charge on any atom is 0.251 e. The average Bonchev–Trinajstić information content (AvgIpc) is 2.17. The summed E-state index contributed by atoms with van der Waals surface area (Å²) in [6.07, 6.45) is 1.68. The Bertz CT molecular complexity index is 157. The first-order valence-electron chi connectivity index (χ1n) is 4.09. The van der Waals surface area contributed by atoms with Crippen molar-refractivity contribution >= 4 is 5.91 Å². The summed E-state index contributed by atoms with van der Waals surface area (Å²) < 4.78 is 5.14. The second kappa shape index (κ2) is 4.39. The van der Waals surface area contributed by atoms with E-state index < -0.39 is 6.04 Å². The van der Waals surface area contributed by atoms with Crippen LogP contribution in [0.4, 0.5) is 0 Å². The first-order chi connectivity index (χ1) is 5.75. The lowest BCUT2D eigenvalue weighted by Crippen LogP contribution is -2.49. The highest BCUT2D eigenvalue weighted by atomic mass is 16.5. The van der Waals surface area contributed by atoms with E-state index >= 15 is 0 Å². The summed E-state index contributed by atoms with van der Waals surface area (Å²) in [6, 6.07) is -0.487. The van der Waals surface area contributed by atoms with Gasteiger partial charge in [0.1, 0.15) is 0 Å². The van der Waals surface area contributed by atoms with Crippen LogP contribution in [0.5, 0.6) is 0 Å². The number of hydrogen-bond donors (Lipinski definition) is 3.